The summed E-state index contributed by atoms with van der Waals surface area (Å²) in [5.74, 6) is 0. The van der Waals surface area contributed by atoms with E-state index in [9.17, 15) is 8.42 Å². The van der Waals surface area contributed by atoms with Crippen LogP contribution >= 0.6 is 0 Å². The number of fused-ring (bicyclic) bond motifs is 1. The van der Waals surface area contributed by atoms with E-state index in [2.05, 4.69) is 15.0 Å². The fraction of sp³-hybridized carbons (Fsp3) is 0.250. The second-order valence-corrected chi connectivity index (χ2v) is 7.05. The van der Waals surface area contributed by atoms with Crippen molar-refractivity contribution in [1.82, 2.24) is 19.3 Å². The lowest BCUT2D eigenvalue weighted by molar-refractivity contribution is 0.445. The fourth-order valence-corrected chi connectivity index (χ4v) is 3.98. The van der Waals surface area contributed by atoms with Gasteiger partial charge < -0.3 is 4.98 Å². The van der Waals surface area contributed by atoms with Gasteiger partial charge in [-0.05, 0) is 23.8 Å². The highest BCUT2D eigenvalue weighted by Gasteiger charge is 2.21. The summed E-state index contributed by atoms with van der Waals surface area (Å²) in [5.41, 5.74) is 3.33. The molecule has 0 aliphatic heterocycles. The second kappa shape index (κ2) is 6.10. The topological polar surface area (TPSA) is 79.0 Å². The molecule has 3 rings (SSSR count). The molecule has 120 valence electrons. The van der Waals surface area contributed by atoms with Gasteiger partial charge in [-0.1, -0.05) is 26.0 Å². The van der Waals surface area contributed by atoms with E-state index in [1.807, 2.05) is 19.9 Å². The van der Waals surface area contributed by atoms with Crippen molar-refractivity contribution >= 4 is 21.2 Å². The van der Waals surface area contributed by atoms with Crippen molar-refractivity contribution in [2.24, 2.45) is 0 Å². The molecule has 0 saturated heterocycles. The molecular formula is C16H18N4O2S. The van der Waals surface area contributed by atoms with Gasteiger partial charge in [0.05, 0.1) is 16.7 Å². The van der Waals surface area contributed by atoms with Crippen LogP contribution in [0.3, 0.4) is 0 Å². The molecule has 23 heavy (non-hydrogen) atoms. The lowest BCUT2D eigenvalue weighted by Gasteiger charge is -2.18. The summed E-state index contributed by atoms with van der Waals surface area (Å²) in [6, 6.07) is 8.83. The molecule has 6 nitrogen and oxygen atoms in total. The van der Waals surface area contributed by atoms with Gasteiger partial charge in [0.25, 0.3) is 0 Å². The summed E-state index contributed by atoms with van der Waals surface area (Å²) < 4.78 is 26.4. The molecule has 7 heteroatoms. The first-order chi connectivity index (χ1) is 11.1. The van der Waals surface area contributed by atoms with Gasteiger partial charge in [0.15, 0.2) is 5.65 Å². The molecule has 0 aliphatic rings. The van der Waals surface area contributed by atoms with Crippen LogP contribution in [0, 0.1) is 0 Å². The smallest absolute Gasteiger partial charge is 0.243 e. The van der Waals surface area contributed by atoms with Crippen molar-refractivity contribution in [3.63, 3.8) is 0 Å². The molecule has 2 aromatic heterocycles. The highest BCUT2D eigenvalue weighted by atomic mass is 32.2. The lowest BCUT2D eigenvalue weighted by Crippen LogP contribution is -2.30. The third-order valence-corrected chi connectivity index (χ3v) is 5.87. The highest BCUT2D eigenvalue weighted by molar-refractivity contribution is 7.89. The Morgan fingerprint density at radius 3 is 2.39 bits per heavy atom. The Morgan fingerprint density at radius 1 is 1.04 bits per heavy atom. The quantitative estimate of drug-likeness (QED) is 0.780. The van der Waals surface area contributed by atoms with E-state index in [1.165, 1.54) is 4.31 Å². The third kappa shape index (κ3) is 2.85. The van der Waals surface area contributed by atoms with Crippen LogP contribution in [-0.4, -0.2) is 40.8 Å². The van der Waals surface area contributed by atoms with Gasteiger partial charge in [-0.2, -0.15) is 4.31 Å². The molecule has 0 amide bonds. The van der Waals surface area contributed by atoms with Gasteiger partial charge >= 0.3 is 0 Å². The molecule has 2 heterocycles. The summed E-state index contributed by atoms with van der Waals surface area (Å²) in [6.45, 7) is 4.59. The minimum absolute atomic E-state index is 0.306. The predicted molar refractivity (Wildman–Crippen MR) is 89.4 cm³/mol. The van der Waals surface area contributed by atoms with E-state index in [1.54, 1.807) is 36.8 Å². The summed E-state index contributed by atoms with van der Waals surface area (Å²) in [6.07, 6.45) is 3.33. The Labute approximate surface area is 135 Å². The zero-order valence-corrected chi connectivity index (χ0v) is 13.8. The van der Waals surface area contributed by atoms with E-state index in [-0.39, 0.29) is 0 Å². The van der Waals surface area contributed by atoms with Gasteiger partial charge in [-0.25, -0.2) is 18.4 Å². The number of nitrogens with zero attached hydrogens (tertiary/aromatic N) is 3. The minimum Gasteiger partial charge on any atom is -0.343 e. The van der Waals surface area contributed by atoms with Crippen LogP contribution in [-0.2, 0) is 10.0 Å². The van der Waals surface area contributed by atoms with Crippen LogP contribution in [0.4, 0.5) is 0 Å². The molecule has 0 unspecified atom stereocenters. The molecule has 0 bridgehead atoms. The van der Waals surface area contributed by atoms with Crippen LogP contribution in [0.2, 0.25) is 0 Å². The van der Waals surface area contributed by atoms with Crippen molar-refractivity contribution in [1.29, 1.82) is 0 Å². The number of benzene rings is 1. The van der Waals surface area contributed by atoms with Crippen LogP contribution in [0.15, 0.2) is 47.8 Å². The van der Waals surface area contributed by atoms with E-state index >= 15 is 0 Å². The van der Waals surface area contributed by atoms with Gasteiger partial charge in [-0.3, -0.25) is 0 Å². The summed E-state index contributed by atoms with van der Waals surface area (Å²) >= 11 is 0. The van der Waals surface area contributed by atoms with E-state index in [0.717, 1.165) is 16.6 Å². The van der Waals surface area contributed by atoms with Gasteiger partial charge in [0.1, 0.15) is 0 Å². The molecule has 0 aliphatic carbocycles. The van der Waals surface area contributed by atoms with Gasteiger partial charge in [0.2, 0.25) is 10.0 Å². The lowest BCUT2D eigenvalue weighted by atomic mass is 10.1. The number of pyridine rings is 1. The zero-order valence-electron chi connectivity index (χ0n) is 13.0. The van der Waals surface area contributed by atoms with E-state index in [4.69, 9.17) is 0 Å². The number of hydrogen-bond donors (Lipinski definition) is 1. The van der Waals surface area contributed by atoms with Crippen LogP contribution in [0.25, 0.3) is 22.3 Å². The molecule has 3 aromatic rings. The average molecular weight is 330 g/mol. The van der Waals surface area contributed by atoms with Crippen LogP contribution < -0.4 is 0 Å². The third-order valence-electron chi connectivity index (χ3n) is 3.80. The zero-order chi connectivity index (χ0) is 16.4. The monoisotopic (exact) mass is 330 g/mol. The number of nitrogens with one attached hydrogen (secondary N) is 1. The van der Waals surface area contributed by atoms with Crippen molar-refractivity contribution in [2.45, 2.75) is 18.7 Å². The number of rotatable bonds is 5. The van der Waals surface area contributed by atoms with Crippen molar-refractivity contribution in [2.75, 3.05) is 13.1 Å². The predicted octanol–water partition coefficient (Wildman–Crippen LogP) is 2.66. The van der Waals surface area contributed by atoms with Crippen molar-refractivity contribution < 1.29 is 8.42 Å². The number of aromatic amines is 1. The standard InChI is InChI=1S/C16H18N4O2S/c1-3-20(4-2)23(21,22)14-7-5-12(6-8-14)13-9-15-16(17-10-13)19-11-18-15/h5-11H,3-4H2,1-2H3,(H,17,18,19). The van der Waals surface area contributed by atoms with Gasteiger partial charge in [-0.15, -0.1) is 0 Å². The Morgan fingerprint density at radius 2 is 1.74 bits per heavy atom. The Bertz CT molecular complexity index is 913. The number of sulfonamides is 1. The number of aromatic nitrogens is 3. The Balaban J connectivity index is 1.95. The highest BCUT2D eigenvalue weighted by Crippen LogP contribution is 2.24. The second-order valence-electron chi connectivity index (χ2n) is 5.11. The first-order valence-corrected chi connectivity index (χ1v) is 8.90. The number of hydrogen-bond acceptors (Lipinski definition) is 4. The largest absolute Gasteiger partial charge is 0.343 e. The van der Waals surface area contributed by atoms with Crippen LogP contribution in [0.5, 0.6) is 0 Å². The summed E-state index contributed by atoms with van der Waals surface area (Å²) in [5, 5.41) is 0. The molecule has 0 saturated carbocycles. The molecule has 0 atom stereocenters. The molecule has 0 spiro atoms. The summed E-state index contributed by atoms with van der Waals surface area (Å²) in [7, 11) is -3.42. The molecular weight excluding hydrogens is 312 g/mol. The Kier molecular flexibility index (Phi) is 4.14. The maximum Gasteiger partial charge on any atom is 0.243 e. The number of H-pyrrole nitrogens is 1. The minimum atomic E-state index is -3.42. The van der Waals surface area contributed by atoms with Crippen molar-refractivity contribution in [3.8, 4) is 11.1 Å². The molecule has 1 aromatic carbocycles. The summed E-state index contributed by atoms with van der Waals surface area (Å²) in [4.78, 5) is 11.7. The maximum absolute atomic E-state index is 12.5. The first-order valence-electron chi connectivity index (χ1n) is 7.46. The fourth-order valence-electron chi connectivity index (χ4n) is 2.52. The normalized spacial score (nSPS) is 12.1. The maximum atomic E-state index is 12.5. The van der Waals surface area contributed by atoms with Crippen molar-refractivity contribution in [3.05, 3.63) is 42.9 Å². The molecule has 0 fully saturated rings. The SMILES string of the molecule is CCN(CC)S(=O)(=O)c1ccc(-c2cnc3nc[nH]c3c2)cc1. The molecule has 1 N–H and O–H groups in total. The number of imidazole rings is 1. The van der Waals surface area contributed by atoms with E-state index < -0.39 is 10.0 Å². The Hall–Kier alpha value is -2.25. The van der Waals surface area contributed by atoms with E-state index in [0.29, 0.717) is 23.6 Å². The van der Waals surface area contributed by atoms with Gasteiger partial charge in [0, 0.05) is 24.8 Å². The first kappa shape index (κ1) is 15.6. The molecule has 0 radical (unpaired) electrons. The van der Waals surface area contributed by atoms with Crippen LogP contribution in [0.1, 0.15) is 13.8 Å². The average Bonchev–Trinajstić information content (AvgIpc) is 3.03.